The maximum absolute atomic E-state index is 11.7. The number of halogens is 1. The van der Waals surface area contributed by atoms with Crippen molar-refractivity contribution in [1.82, 2.24) is 20.1 Å². The lowest BCUT2D eigenvalue weighted by atomic mass is 10.3. The Kier molecular flexibility index (Phi) is 7.36. The minimum Gasteiger partial charge on any atom is -0.484 e. The maximum Gasteiger partial charge on any atom is 0.230 e. The van der Waals surface area contributed by atoms with Crippen LogP contribution < -0.4 is 10.1 Å². The Labute approximate surface area is 149 Å². The molecule has 2 aromatic rings. The van der Waals surface area contributed by atoms with E-state index in [9.17, 15) is 4.79 Å². The molecule has 130 valence electrons. The van der Waals surface area contributed by atoms with E-state index in [1.165, 1.54) is 11.8 Å². The summed E-state index contributed by atoms with van der Waals surface area (Å²) in [5.74, 6) is 1.43. The number of thioether (sulfide) groups is 1. The second-order valence-corrected chi connectivity index (χ2v) is 6.16. The van der Waals surface area contributed by atoms with Crippen LogP contribution in [0.2, 0.25) is 5.02 Å². The van der Waals surface area contributed by atoms with Crippen LogP contribution in [-0.2, 0) is 23.2 Å². The molecule has 9 heteroatoms. The second kappa shape index (κ2) is 9.51. The first-order valence-electron chi connectivity index (χ1n) is 7.26. The summed E-state index contributed by atoms with van der Waals surface area (Å²) in [5, 5.41) is 12.1. The third-order valence-corrected chi connectivity index (χ3v) is 4.41. The zero-order valence-corrected chi connectivity index (χ0v) is 15.1. The zero-order chi connectivity index (χ0) is 17.4. The normalized spacial score (nSPS) is 10.6. The van der Waals surface area contributed by atoms with Crippen LogP contribution in [0, 0.1) is 0 Å². The van der Waals surface area contributed by atoms with E-state index in [4.69, 9.17) is 21.1 Å². The predicted octanol–water partition coefficient (Wildman–Crippen LogP) is 1.90. The number of nitrogens with zero attached hydrogens (tertiary/aromatic N) is 3. The largest absolute Gasteiger partial charge is 0.484 e. The first-order valence-corrected chi connectivity index (χ1v) is 8.62. The number of carbonyl (C=O) groups is 1. The standard InChI is InChI=1S/C15H19ClN4O3S/c1-20-13(9-23-12-6-4-3-5-11(12)16)18-19-15(20)24-10-14(21)17-7-8-22-2/h3-6H,7-10H2,1-2H3,(H,17,21). The van der Waals surface area contributed by atoms with Gasteiger partial charge in [-0.25, -0.2) is 0 Å². The van der Waals surface area contributed by atoms with Crippen molar-refractivity contribution in [2.24, 2.45) is 7.05 Å². The highest BCUT2D eigenvalue weighted by molar-refractivity contribution is 7.99. The monoisotopic (exact) mass is 370 g/mol. The van der Waals surface area contributed by atoms with Crippen molar-refractivity contribution in [2.75, 3.05) is 26.0 Å². The number of ether oxygens (including phenoxy) is 2. The molecule has 0 fully saturated rings. The first-order chi connectivity index (χ1) is 11.6. The molecule has 1 aromatic heterocycles. The molecule has 0 bridgehead atoms. The highest BCUT2D eigenvalue weighted by Crippen LogP contribution is 2.24. The van der Waals surface area contributed by atoms with E-state index in [2.05, 4.69) is 15.5 Å². The molecule has 0 atom stereocenters. The lowest BCUT2D eigenvalue weighted by molar-refractivity contribution is -0.118. The molecule has 1 aromatic carbocycles. The van der Waals surface area contributed by atoms with Gasteiger partial charge in [0.1, 0.15) is 12.4 Å². The molecular formula is C15H19ClN4O3S. The number of amides is 1. The Bertz CT molecular complexity index is 680. The molecule has 1 amide bonds. The van der Waals surface area contributed by atoms with Gasteiger partial charge in [0.2, 0.25) is 5.91 Å². The maximum atomic E-state index is 11.7. The molecule has 2 rings (SSSR count). The van der Waals surface area contributed by atoms with Crippen LogP contribution in [0.5, 0.6) is 5.75 Å². The van der Waals surface area contributed by atoms with Crippen molar-refractivity contribution in [3.63, 3.8) is 0 Å². The van der Waals surface area contributed by atoms with Gasteiger partial charge in [-0.15, -0.1) is 10.2 Å². The lowest BCUT2D eigenvalue weighted by Gasteiger charge is -2.08. The summed E-state index contributed by atoms with van der Waals surface area (Å²) >= 11 is 7.36. The van der Waals surface area contributed by atoms with Crippen molar-refractivity contribution in [1.29, 1.82) is 0 Å². The van der Waals surface area contributed by atoms with Gasteiger partial charge in [0.05, 0.1) is 17.4 Å². The highest BCUT2D eigenvalue weighted by Gasteiger charge is 2.12. The number of rotatable bonds is 9. The number of methoxy groups -OCH3 is 1. The summed E-state index contributed by atoms with van der Waals surface area (Å²) in [5.41, 5.74) is 0. The quantitative estimate of drug-likeness (QED) is 0.536. The van der Waals surface area contributed by atoms with Gasteiger partial charge in [-0.1, -0.05) is 35.5 Å². The third kappa shape index (κ3) is 5.40. The average Bonchev–Trinajstić information content (AvgIpc) is 2.93. The summed E-state index contributed by atoms with van der Waals surface area (Å²) in [6.45, 7) is 1.23. The Morgan fingerprint density at radius 1 is 1.38 bits per heavy atom. The van der Waals surface area contributed by atoms with E-state index in [0.29, 0.717) is 34.9 Å². The molecule has 0 aliphatic heterocycles. The van der Waals surface area contributed by atoms with E-state index >= 15 is 0 Å². The van der Waals surface area contributed by atoms with Crippen molar-refractivity contribution in [2.45, 2.75) is 11.8 Å². The molecule has 0 aliphatic rings. The summed E-state index contributed by atoms with van der Waals surface area (Å²) < 4.78 is 12.3. The van der Waals surface area contributed by atoms with Gasteiger partial charge in [-0.2, -0.15) is 0 Å². The molecular weight excluding hydrogens is 352 g/mol. The molecule has 0 saturated carbocycles. The Balaban J connectivity index is 1.84. The summed E-state index contributed by atoms with van der Waals surface area (Å²) in [6.07, 6.45) is 0. The number of para-hydroxylation sites is 1. The van der Waals surface area contributed by atoms with Gasteiger partial charge < -0.3 is 19.4 Å². The molecule has 1 heterocycles. The van der Waals surface area contributed by atoms with Crippen LogP contribution in [0.15, 0.2) is 29.4 Å². The lowest BCUT2D eigenvalue weighted by Crippen LogP contribution is -2.28. The molecule has 0 spiro atoms. The topological polar surface area (TPSA) is 78.3 Å². The highest BCUT2D eigenvalue weighted by atomic mass is 35.5. The van der Waals surface area contributed by atoms with Gasteiger partial charge in [0, 0.05) is 20.7 Å². The van der Waals surface area contributed by atoms with E-state index < -0.39 is 0 Å². The van der Waals surface area contributed by atoms with Crippen molar-refractivity contribution >= 4 is 29.3 Å². The minimum atomic E-state index is -0.0751. The predicted molar refractivity (Wildman–Crippen MR) is 92.4 cm³/mol. The smallest absolute Gasteiger partial charge is 0.230 e. The van der Waals surface area contributed by atoms with Crippen molar-refractivity contribution < 1.29 is 14.3 Å². The Hall–Kier alpha value is -1.77. The number of hydrogen-bond acceptors (Lipinski definition) is 6. The molecule has 1 N–H and O–H groups in total. The fourth-order valence-corrected chi connectivity index (χ4v) is 2.72. The molecule has 0 unspecified atom stereocenters. The first kappa shape index (κ1) is 18.6. The van der Waals surface area contributed by atoms with E-state index in [1.807, 2.05) is 19.2 Å². The van der Waals surface area contributed by atoms with Crippen LogP contribution >= 0.6 is 23.4 Å². The summed E-state index contributed by atoms with van der Waals surface area (Å²) in [7, 11) is 3.42. The second-order valence-electron chi connectivity index (χ2n) is 4.81. The van der Waals surface area contributed by atoms with E-state index in [-0.39, 0.29) is 18.3 Å². The van der Waals surface area contributed by atoms with Gasteiger partial charge in [-0.3, -0.25) is 4.79 Å². The average molecular weight is 371 g/mol. The van der Waals surface area contributed by atoms with Gasteiger partial charge >= 0.3 is 0 Å². The third-order valence-electron chi connectivity index (χ3n) is 3.08. The Morgan fingerprint density at radius 3 is 2.92 bits per heavy atom. The van der Waals surface area contributed by atoms with Crippen molar-refractivity contribution in [3.8, 4) is 5.75 Å². The van der Waals surface area contributed by atoms with Crippen LogP contribution in [0.25, 0.3) is 0 Å². The number of carbonyl (C=O) groups excluding carboxylic acids is 1. The zero-order valence-electron chi connectivity index (χ0n) is 13.5. The van der Waals surface area contributed by atoms with Crippen LogP contribution in [-0.4, -0.2) is 46.7 Å². The number of benzene rings is 1. The number of nitrogens with one attached hydrogen (secondary N) is 1. The molecule has 24 heavy (non-hydrogen) atoms. The number of aromatic nitrogens is 3. The Morgan fingerprint density at radius 2 is 2.17 bits per heavy atom. The molecule has 0 aliphatic carbocycles. The van der Waals surface area contributed by atoms with E-state index in [0.717, 1.165) is 0 Å². The van der Waals surface area contributed by atoms with Crippen LogP contribution in [0.4, 0.5) is 0 Å². The molecule has 0 saturated heterocycles. The van der Waals surface area contributed by atoms with Crippen molar-refractivity contribution in [3.05, 3.63) is 35.1 Å². The molecule has 0 radical (unpaired) electrons. The fraction of sp³-hybridized carbons (Fsp3) is 0.400. The van der Waals surface area contributed by atoms with E-state index in [1.54, 1.807) is 23.8 Å². The van der Waals surface area contributed by atoms with Crippen LogP contribution in [0.1, 0.15) is 5.82 Å². The summed E-state index contributed by atoms with van der Waals surface area (Å²) in [6, 6.07) is 7.24. The number of hydrogen-bond donors (Lipinski definition) is 1. The minimum absolute atomic E-state index is 0.0751. The van der Waals surface area contributed by atoms with Gasteiger partial charge in [-0.05, 0) is 12.1 Å². The fourth-order valence-electron chi connectivity index (χ4n) is 1.77. The van der Waals surface area contributed by atoms with Gasteiger partial charge in [0.15, 0.2) is 11.0 Å². The van der Waals surface area contributed by atoms with Gasteiger partial charge in [0.25, 0.3) is 0 Å². The van der Waals surface area contributed by atoms with Crippen LogP contribution in [0.3, 0.4) is 0 Å². The SMILES string of the molecule is COCCNC(=O)CSc1nnc(COc2ccccc2Cl)n1C. The molecule has 7 nitrogen and oxygen atoms in total. The summed E-state index contributed by atoms with van der Waals surface area (Å²) in [4.78, 5) is 11.7.